The van der Waals surface area contributed by atoms with E-state index in [4.69, 9.17) is 9.47 Å². The molecule has 0 aliphatic rings. The molecule has 0 bridgehead atoms. The van der Waals surface area contributed by atoms with Crippen LogP contribution in [0.5, 0.6) is 0 Å². The van der Waals surface area contributed by atoms with Crippen LogP contribution < -0.4 is 10.6 Å². The molecule has 0 aromatic heterocycles. The zero-order chi connectivity index (χ0) is 17.2. The highest BCUT2D eigenvalue weighted by Gasteiger charge is 2.07. The van der Waals surface area contributed by atoms with E-state index in [0.29, 0.717) is 13.0 Å². The lowest BCUT2D eigenvalue weighted by Crippen LogP contribution is -2.27. The average Bonchev–Trinajstić information content (AvgIpc) is 2.48. The van der Waals surface area contributed by atoms with Crippen molar-refractivity contribution in [2.24, 2.45) is 5.92 Å². The van der Waals surface area contributed by atoms with Crippen LogP contribution in [-0.4, -0.2) is 31.9 Å². The van der Waals surface area contributed by atoms with Gasteiger partial charge in [-0.3, -0.25) is 5.32 Å². The fraction of sp³-hybridized carbons (Fsp3) is 0.467. The number of ether oxygens (including phenoxy) is 2. The molecule has 0 saturated heterocycles. The van der Waals surface area contributed by atoms with E-state index in [-0.39, 0.29) is 24.8 Å². The molecule has 0 fully saturated rings. The van der Waals surface area contributed by atoms with Gasteiger partial charge in [-0.05, 0) is 24.5 Å². The number of carbonyl (C=O) groups excluding carboxylic acids is 2. The Bertz CT molecular complexity index is 538. The Kier molecular flexibility index (Phi) is 7.79. The number of carbonyl (C=O) groups is 2. The van der Waals surface area contributed by atoms with E-state index in [1.165, 1.54) is 6.07 Å². The molecular weight excluding hydrogens is 310 g/mol. The van der Waals surface area contributed by atoms with Crippen molar-refractivity contribution >= 4 is 17.9 Å². The third-order valence-electron chi connectivity index (χ3n) is 2.54. The fourth-order valence-electron chi connectivity index (χ4n) is 1.45. The molecule has 0 atom stereocenters. The summed E-state index contributed by atoms with van der Waals surface area (Å²) in [4.78, 5) is 22.6. The molecule has 1 rings (SSSR count). The Hall–Kier alpha value is -2.38. The predicted molar refractivity (Wildman–Crippen MR) is 80.1 cm³/mol. The summed E-state index contributed by atoms with van der Waals surface area (Å²) in [5, 5.41) is 4.77. The Morgan fingerprint density at radius 3 is 2.52 bits per heavy atom. The summed E-state index contributed by atoms with van der Waals surface area (Å²) in [6.45, 7) is 4.52. The number of halogens is 2. The second kappa shape index (κ2) is 9.60. The van der Waals surface area contributed by atoms with E-state index in [1.54, 1.807) is 0 Å². The molecule has 0 unspecified atom stereocenters. The van der Waals surface area contributed by atoms with Crippen molar-refractivity contribution in [1.29, 1.82) is 0 Å². The normalized spacial score (nSPS) is 10.3. The minimum Gasteiger partial charge on any atom is -0.449 e. The van der Waals surface area contributed by atoms with Gasteiger partial charge < -0.3 is 14.8 Å². The van der Waals surface area contributed by atoms with Gasteiger partial charge in [0, 0.05) is 18.3 Å². The number of benzene rings is 1. The molecular formula is C15H20F2N2O4. The molecule has 0 spiro atoms. The van der Waals surface area contributed by atoms with Crippen molar-refractivity contribution in [3.8, 4) is 0 Å². The van der Waals surface area contributed by atoms with E-state index in [0.717, 1.165) is 12.1 Å². The fourth-order valence-corrected chi connectivity index (χ4v) is 1.45. The number of alkyl carbamates (subject to hydrolysis) is 1. The number of hydrogen-bond acceptors (Lipinski definition) is 4. The topological polar surface area (TPSA) is 76.7 Å². The molecule has 0 aliphatic heterocycles. The van der Waals surface area contributed by atoms with Crippen molar-refractivity contribution in [2.45, 2.75) is 20.3 Å². The number of rotatable bonds is 7. The van der Waals surface area contributed by atoms with Gasteiger partial charge in [-0.25, -0.2) is 18.4 Å². The molecule has 1 aromatic carbocycles. The van der Waals surface area contributed by atoms with Crippen molar-refractivity contribution < 1.29 is 27.8 Å². The van der Waals surface area contributed by atoms with Crippen LogP contribution in [0.25, 0.3) is 0 Å². The maximum Gasteiger partial charge on any atom is 0.411 e. The molecule has 8 heteroatoms. The molecule has 2 N–H and O–H groups in total. The third kappa shape index (κ3) is 7.98. The first-order chi connectivity index (χ1) is 10.9. The molecule has 0 aliphatic carbocycles. The van der Waals surface area contributed by atoms with Crippen LogP contribution in [-0.2, 0) is 9.47 Å². The number of anilines is 1. The van der Waals surface area contributed by atoms with Crippen molar-refractivity contribution in [3.63, 3.8) is 0 Å². The Balaban J connectivity index is 2.14. The maximum atomic E-state index is 13.0. The Morgan fingerprint density at radius 2 is 1.87 bits per heavy atom. The number of hydrogen-bond donors (Lipinski definition) is 2. The van der Waals surface area contributed by atoms with Gasteiger partial charge in [-0.15, -0.1) is 0 Å². The van der Waals surface area contributed by atoms with Crippen LogP contribution in [0, 0.1) is 17.6 Å². The van der Waals surface area contributed by atoms with E-state index < -0.39 is 23.8 Å². The number of amides is 2. The van der Waals surface area contributed by atoms with Crippen LogP contribution in [0.1, 0.15) is 20.3 Å². The Labute approximate surface area is 133 Å². The summed E-state index contributed by atoms with van der Waals surface area (Å²) in [7, 11) is 0. The largest absolute Gasteiger partial charge is 0.449 e. The van der Waals surface area contributed by atoms with Gasteiger partial charge in [-0.1, -0.05) is 13.8 Å². The van der Waals surface area contributed by atoms with E-state index in [9.17, 15) is 18.4 Å². The second-order valence-corrected chi connectivity index (χ2v) is 5.16. The summed E-state index contributed by atoms with van der Waals surface area (Å²) >= 11 is 0. The molecule has 23 heavy (non-hydrogen) atoms. The highest BCUT2D eigenvalue weighted by molar-refractivity contribution is 5.84. The zero-order valence-corrected chi connectivity index (χ0v) is 13.0. The van der Waals surface area contributed by atoms with E-state index >= 15 is 0 Å². The maximum absolute atomic E-state index is 13.0. The lowest BCUT2D eigenvalue weighted by atomic mass is 10.2. The standard InChI is InChI=1S/C15H20F2N2O4/c1-10(2)9-23-14(20)18-6-3-7-22-15(21)19-11-4-5-12(16)13(17)8-11/h4-5,8,10H,3,6-7,9H2,1-2H3,(H,18,20)(H,19,21). The first kappa shape index (κ1) is 18.7. The third-order valence-corrected chi connectivity index (χ3v) is 2.54. The average molecular weight is 330 g/mol. The van der Waals surface area contributed by atoms with E-state index in [2.05, 4.69) is 10.6 Å². The quantitative estimate of drug-likeness (QED) is 0.752. The molecule has 6 nitrogen and oxygen atoms in total. The van der Waals surface area contributed by atoms with Gasteiger partial charge in [-0.2, -0.15) is 0 Å². The van der Waals surface area contributed by atoms with Crippen LogP contribution in [0.4, 0.5) is 24.1 Å². The smallest absolute Gasteiger partial charge is 0.411 e. The Morgan fingerprint density at radius 1 is 1.13 bits per heavy atom. The molecule has 0 saturated carbocycles. The van der Waals surface area contributed by atoms with Gasteiger partial charge >= 0.3 is 12.2 Å². The monoisotopic (exact) mass is 330 g/mol. The molecule has 0 heterocycles. The van der Waals surface area contributed by atoms with Crippen LogP contribution in [0.15, 0.2) is 18.2 Å². The highest BCUT2D eigenvalue weighted by Crippen LogP contribution is 2.13. The van der Waals surface area contributed by atoms with Crippen LogP contribution in [0.3, 0.4) is 0 Å². The summed E-state index contributed by atoms with van der Waals surface area (Å²) in [6.07, 6.45) is -0.926. The minimum absolute atomic E-state index is 0.0555. The SMILES string of the molecule is CC(C)COC(=O)NCCCOC(=O)Nc1ccc(F)c(F)c1. The molecule has 1 aromatic rings. The second-order valence-electron chi connectivity index (χ2n) is 5.16. The summed E-state index contributed by atoms with van der Waals surface area (Å²) in [5.74, 6) is -1.81. The lowest BCUT2D eigenvalue weighted by molar-refractivity contribution is 0.131. The highest BCUT2D eigenvalue weighted by atomic mass is 19.2. The van der Waals surface area contributed by atoms with Crippen molar-refractivity contribution in [1.82, 2.24) is 5.32 Å². The zero-order valence-electron chi connectivity index (χ0n) is 13.0. The van der Waals surface area contributed by atoms with Gasteiger partial charge in [0.25, 0.3) is 0 Å². The lowest BCUT2D eigenvalue weighted by Gasteiger charge is -2.09. The first-order valence-electron chi connectivity index (χ1n) is 7.18. The molecule has 0 radical (unpaired) electrons. The predicted octanol–water partition coefficient (Wildman–Crippen LogP) is 3.29. The van der Waals surface area contributed by atoms with Crippen molar-refractivity contribution in [3.05, 3.63) is 29.8 Å². The molecule has 2 amide bonds. The van der Waals surface area contributed by atoms with E-state index in [1.807, 2.05) is 13.8 Å². The van der Waals surface area contributed by atoms with Gasteiger partial charge in [0.05, 0.1) is 13.2 Å². The van der Waals surface area contributed by atoms with Gasteiger partial charge in [0.2, 0.25) is 0 Å². The molecule has 128 valence electrons. The first-order valence-corrected chi connectivity index (χ1v) is 7.18. The van der Waals surface area contributed by atoms with Crippen LogP contribution >= 0.6 is 0 Å². The van der Waals surface area contributed by atoms with Gasteiger partial charge in [0.1, 0.15) is 0 Å². The minimum atomic E-state index is -1.06. The summed E-state index contributed by atoms with van der Waals surface area (Å²) in [5.41, 5.74) is 0.0873. The van der Waals surface area contributed by atoms with Crippen molar-refractivity contribution in [2.75, 3.05) is 25.1 Å². The van der Waals surface area contributed by atoms with Crippen LogP contribution in [0.2, 0.25) is 0 Å². The summed E-state index contributed by atoms with van der Waals surface area (Å²) in [6, 6.07) is 2.96. The van der Waals surface area contributed by atoms with Gasteiger partial charge in [0.15, 0.2) is 11.6 Å². The number of nitrogens with one attached hydrogen (secondary N) is 2. The summed E-state index contributed by atoms with van der Waals surface area (Å²) < 4.78 is 35.4.